The average molecular weight is 274 g/mol. The van der Waals surface area contributed by atoms with Gasteiger partial charge < -0.3 is 16.4 Å². The fourth-order valence-electron chi connectivity index (χ4n) is 1.81. The molecule has 0 spiro atoms. The molecule has 1 heterocycles. The smallest absolute Gasteiger partial charge is 0.251 e. The first-order valence-corrected chi connectivity index (χ1v) is 6.40. The third kappa shape index (κ3) is 3.47. The zero-order chi connectivity index (χ0) is 14.4. The topological polar surface area (TPSA) is 97.9 Å². The first-order valence-electron chi connectivity index (χ1n) is 6.40. The van der Waals surface area contributed by atoms with Crippen molar-refractivity contribution in [1.82, 2.24) is 20.3 Å². The molecule has 7 nitrogen and oxygen atoms in total. The van der Waals surface area contributed by atoms with Crippen molar-refractivity contribution in [3.05, 3.63) is 36.2 Å². The van der Waals surface area contributed by atoms with Crippen molar-refractivity contribution in [2.45, 2.75) is 13.0 Å². The van der Waals surface area contributed by atoms with Crippen LogP contribution in [-0.2, 0) is 6.54 Å². The Kier molecular flexibility index (Phi) is 4.54. The number of hydrogen-bond donors (Lipinski definition) is 3. The van der Waals surface area contributed by atoms with E-state index in [0.29, 0.717) is 11.3 Å². The fourth-order valence-corrected chi connectivity index (χ4v) is 1.81. The van der Waals surface area contributed by atoms with Crippen molar-refractivity contribution in [3.63, 3.8) is 0 Å². The van der Waals surface area contributed by atoms with E-state index in [1.807, 2.05) is 6.20 Å². The van der Waals surface area contributed by atoms with Crippen molar-refractivity contribution in [3.8, 4) is 0 Å². The van der Waals surface area contributed by atoms with Crippen LogP contribution >= 0.6 is 0 Å². The van der Waals surface area contributed by atoms with E-state index in [1.54, 1.807) is 36.1 Å². The van der Waals surface area contributed by atoms with Crippen LogP contribution in [0.4, 0.5) is 11.4 Å². The number of amides is 1. The molecule has 7 heteroatoms. The van der Waals surface area contributed by atoms with Crippen molar-refractivity contribution in [2.24, 2.45) is 0 Å². The molecule has 0 fully saturated rings. The lowest BCUT2D eigenvalue weighted by Crippen LogP contribution is -2.18. The second-order valence-electron chi connectivity index (χ2n) is 4.33. The summed E-state index contributed by atoms with van der Waals surface area (Å²) < 4.78 is 1.77. The molecule has 0 atom stereocenters. The van der Waals surface area contributed by atoms with Gasteiger partial charge in [0.2, 0.25) is 0 Å². The van der Waals surface area contributed by atoms with E-state index in [9.17, 15) is 4.79 Å². The minimum atomic E-state index is -0.129. The van der Waals surface area contributed by atoms with Gasteiger partial charge in [0, 0.05) is 31.9 Å². The first-order chi connectivity index (χ1) is 9.70. The van der Waals surface area contributed by atoms with Gasteiger partial charge in [0.05, 0.1) is 17.6 Å². The molecular weight excluding hydrogens is 256 g/mol. The summed E-state index contributed by atoms with van der Waals surface area (Å²) in [6, 6.07) is 5.18. The number of hydrogen-bond acceptors (Lipinski definition) is 5. The number of carbonyl (C=O) groups is 1. The van der Waals surface area contributed by atoms with Crippen LogP contribution in [0.2, 0.25) is 0 Å². The number of nitrogens with zero attached hydrogens (tertiary/aromatic N) is 3. The summed E-state index contributed by atoms with van der Waals surface area (Å²) in [4.78, 5) is 11.6. The quantitative estimate of drug-likeness (QED) is 0.532. The molecule has 4 N–H and O–H groups in total. The van der Waals surface area contributed by atoms with Gasteiger partial charge in [0.1, 0.15) is 0 Å². The number of carbonyl (C=O) groups excluding carboxylic acids is 1. The maximum atomic E-state index is 11.6. The van der Waals surface area contributed by atoms with Gasteiger partial charge in [-0.1, -0.05) is 5.21 Å². The monoisotopic (exact) mass is 274 g/mol. The van der Waals surface area contributed by atoms with Crippen LogP contribution in [0.15, 0.2) is 30.6 Å². The Morgan fingerprint density at radius 3 is 3.00 bits per heavy atom. The Bertz CT molecular complexity index is 566. The summed E-state index contributed by atoms with van der Waals surface area (Å²) in [5.74, 6) is -0.129. The van der Waals surface area contributed by atoms with E-state index in [4.69, 9.17) is 5.73 Å². The van der Waals surface area contributed by atoms with Gasteiger partial charge in [-0.25, -0.2) is 0 Å². The Labute approximate surface area is 117 Å². The minimum Gasteiger partial charge on any atom is -0.397 e. The van der Waals surface area contributed by atoms with Gasteiger partial charge in [-0.15, -0.1) is 5.10 Å². The standard InChI is InChI=1S/C13H18N6O/c1-15-13(20)10-3-4-11(14)12(9-10)16-5-2-7-19-8-6-17-18-19/h3-4,6,8-9,16H,2,5,7,14H2,1H3,(H,15,20). The van der Waals surface area contributed by atoms with Crippen LogP contribution in [0, 0.1) is 0 Å². The van der Waals surface area contributed by atoms with Crippen LogP contribution in [0.5, 0.6) is 0 Å². The highest BCUT2D eigenvalue weighted by molar-refractivity contribution is 5.96. The first kappa shape index (κ1) is 13.9. The highest BCUT2D eigenvalue weighted by Crippen LogP contribution is 2.20. The number of rotatable bonds is 6. The number of nitrogens with one attached hydrogen (secondary N) is 2. The maximum Gasteiger partial charge on any atom is 0.251 e. The Hall–Kier alpha value is -2.57. The molecular formula is C13H18N6O. The van der Waals surface area contributed by atoms with Crippen LogP contribution in [0.25, 0.3) is 0 Å². The number of aryl methyl sites for hydroxylation is 1. The van der Waals surface area contributed by atoms with Crippen molar-refractivity contribution in [1.29, 1.82) is 0 Å². The Morgan fingerprint density at radius 2 is 2.30 bits per heavy atom. The molecule has 0 aliphatic rings. The number of anilines is 2. The fraction of sp³-hybridized carbons (Fsp3) is 0.308. The van der Waals surface area contributed by atoms with E-state index in [0.717, 1.165) is 25.2 Å². The third-order valence-corrected chi connectivity index (χ3v) is 2.89. The van der Waals surface area contributed by atoms with E-state index in [-0.39, 0.29) is 5.91 Å². The molecule has 0 unspecified atom stereocenters. The number of aromatic nitrogens is 3. The van der Waals surface area contributed by atoms with Crippen LogP contribution in [0.3, 0.4) is 0 Å². The van der Waals surface area contributed by atoms with Crippen LogP contribution in [0.1, 0.15) is 16.8 Å². The van der Waals surface area contributed by atoms with Crippen molar-refractivity contribution < 1.29 is 4.79 Å². The summed E-state index contributed by atoms with van der Waals surface area (Å²) in [5.41, 5.74) is 7.86. The third-order valence-electron chi connectivity index (χ3n) is 2.89. The predicted octanol–water partition coefficient (Wildman–Crippen LogP) is 0.722. The molecule has 0 aliphatic heterocycles. The molecule has 1 amide bonds. The molecule has 1 aromatic heterocycles. The maximum absolute atomic E-state index is 11.6. The van der Waals surface area contributed by atoms with Gasteiger partial charge in [-0.05, 0) is 24.6 Å². The van der Waals surface area contributed by atoms with Gasteiger partial charge >= 0.3 is 0 Å². The number of nitrogen functional groups attached to an aromatic ring is 1. The van der Waals surface area contributed by atoms with Gasteiger partial charge in [0.25, 0.3) is 5.91 Å². The van der Waals surface area contributed by atoms with Crippen molar-refractivity contribution >= 4 is 17.3 Å². The predicted molar refractivity (Wildman–Crippen MR) is 77.4 cm³/mol. The summed E-state index contributed by atoms with van der Waals surface area (Å²) in [7, 11) is 1.60. The number of nitrogens with two attached hydrogens (primary N) is 1. The molecule has 2 aromatic rings. The highest BCUT2D eigenvalue weighted by Gasteiger charge is 2.06. The van der Waals surface area contributed by atoms with Gasteiger partial charge in [-0.3, -0.25) is 9.48 Å². The van der Waals surface area contributed by atoms with E-state index in [1.165, 1.54) is 0 Å². The lowest BCUT2D eigenvalue weighted by molar-refractivity contribution is 0.0963. The number of benzene rings is 1. The molecule has 1 aromatic carbocycles. The summed E-state index contributed by atoms with van der Waals surface area (Å²) in [6.07, 6.45) is 4.35. The zero-order valence-electron chi connectivity index (χ0n) is 11.3. The summed E-state index contributed by atoms with van der Waals surface area (Å²) >= 11 is 0. The second kappa shape index (κ2) is 6.55. The highest BCUT2D eigenvalue weighted by atomic mass is 16.1. The molecule has 0 saturated heterocycles. The largest absolute Gasteiger partial charge is 0.397 e. The van der Waals surface area contributed by atoms with E-state index >= 15 is 0 Å². The molecule has 0 saturated carbocycles. The SMILES string of the molecule is CNC(=O)c1ccc(N)c(NCCCn2ccnn2)c1. The molecule has 0 bridgehead atoms. The minimum absolute atomic E-state index is 0.129. The normalized spacial score (nSPS) is 10.2. The van der Waals surface area contributed by atoms with Gasteiger partial charge in [-0.2, -0.15) is 0 Å². The molecule has 20 heavy (non-hydrogen) atoms. The lowest BCUT2D eigenvalue weighted by atomic mass is 10.1. The zero-order valence-corrected chi connectivity index (χ0v) is 11.3. The average Bonchev–Trinajstić information content (AvgIpc) is 2.97. The van der Waals surface area contributed by atoms with Crippen LogP contribution < -0.4 is 16.4 Å². The summed E-state index contributed by atoms with van der Waals surface area (Å²) in [6.45, 7) is 1.52. The molecule has 0 aliphatic carbocycles. The second-order valence-corrected chi connectivity index (χ2v) is 4.33. The van der Waals surface area contributed by atoms with E-state index < -0.39 is 0 Å². The lowest BCUT2D eigenvalue weighted by Gasteiger charge is -2.11. The van der Waals surface area contributed by atoms with Crippen LogP contribution in [-0.4, -0.2) is 34.5 Å². The van der Waals surface area contributed by atoms with Crippen molar-refractivity contribution in [2.75, 3.05) is 24.6 Å². The molecule has 0 radical (unpaired) electrons. The molecule has 2 rings (SSSR count). The van der Waals surface area contributed by atoms with Gasteiger partial charge in [0.15, 0.2) is 0 Å². The summed E-state index contributed by atoms with van der Waals surface area (Å²) in [5, 5.41) is 13.4. The Balaban J connectivity index is 1.89. The van der Waals surface area contributed by atoms with E-state index in [2.05, 4.69) is 20.9 Å². The molecule has 106 valence electrons. The Morgan fingerprint density at radius 1 is 1.45 bits per heavy atom.